The number of benzene rings is 1. The van der Waals surface area contributed by atoms with E-state index in [4.69, 9.17) is 0 Å². The summed E-state index contributed by atoms with van der Waals surface area (Å²) >= 11 is 0. The quantitative estimate of drug-likeness (QED) is 0.866. The molecule has 0 unspecified atom stereocenters. The second kappa shape index (κ2) is 5.54. The first-order valence-corrected chi connectivity index (χ1v) is 6.60. The van der Waals surface area contributed by atoms with E-state index in [0.717, 1.165) is 12.5 Å². The molecule has 2 heteroatoms. The first-order chi connectivity index (χ1) is 8.16. The van der Waals surface area contributed by atoms with E-state index in [1.807, 2.05) is 12.1 Å². The van der Waals surface area contributed by atoms with Crippen molar-refractivity contribution in [2.45, 2.75) is 31.6 Å². The van der Waals surface area contributed by atoms with Gasteiger partial charge in [0.25, 0.3) is 0 Å². The van der Waals surface area contributed by atoms with Crippen LogP contribution in [0.2, 0.25) is 0 Å². The summed E-state index contributed by atoms with van der Waals surface area (Å²) in [5, 5.41) is 9.60. The van der Waals surface area contributed by atoms with E-state index < -0.39 is 0 Å². The van der Waals surface area contributed by atoms with E-state index in [0.29, 0.717) is 11.7 Å². The Balaban J connectivity index is 2.15. The first kappa shape index (κ1) is 12.4. The summed E-state index contributed by atoms with van der Waals surface area (Å²) in [7, 11) is 4.29. The Hall–Kier alpha value is -1.02. The molecule has 17 heavy (non-hydrogen) atoms. The van der Waals surface area contributed by atoms with Crippen molar-refractivity contribution in [3.63, 3.8) is 0 Å². The second-order valence-electron chi connectivity index (χ2n) is 5.51. The van der Waals surface area contributed by atoms with Crippen LogP contribution in [-0.2, 0) is 0 Å². The maximum Gasteiger partial charge on any atom is 0.115 e. The fourth-order valence-electron chi connectivity index (χ4n) is 3.09. The van der Waals surface area contributed by atoms with E-state index in [-0.39, 0.29) is 0 Å². The van der Waals surface area contributed by atoms with Crippen LogP contribution in [0.15, 0.2) is 24.3 Å². The summed E-state index contributed by atoms with van der Waals surface area (Å²) in [4.78, 5) is 2.28. The Kier molecular flexibility index (Phi) is 4.06. The zero-order chi connectivity index (χ0) is 12.3. The molecule has 1 aliphatic rings. The number of phenolic OH excluding ortho intramolecular Hbond substituents is 1. The summed E-state index contributed by atoms with van der Waals surface area (Å²) < 4.78 is 0. The fourth-order valence-corrected chi connectivity index (χ4v) is 3.09. The third-order valence-electron chi connectivity index (χ3n) is 3.81. The number of aromatic hydroxyl groups is 1. The maximum absolute atomic E-state index is 9.60. The molecule has 0 aromatic heterocycles. The molecule has 0 saturated heterocycles. The van der Waals surface area contributed by atoms with Gasteiger partial charge in [-0.15, -0.1) is 0 Å². The lowest BCUT2D eigenvalue weighted by Crippen LogP contribution is -2.28. The number of phenols is 1. The number of nitrogens with zero attached hydrogens (tertiary/aromatic N) is 1. The van der Waals surface area contributed by atoms with Crippen LogP contribution >= 0.6 is 0 Å². The number of hydrogen-bond acceptors (Lipinski definition) is 2. The van der Waals surface area contributed by atoms with Crippen LogP contribution in [0, 0.1) is 5.92 Å². The lowest BCUT2D eigenvalue weighted by atomic mass is 9.75. The summed E-state index contributed by atoms with van der Waals surface area (Å²) in [6, 6.07) is 7.83. The van der Waals surface area contributed by atoms with Crippen molar-refractivity contribution in [2.75, 3.05) is 20.6 Å². The zero-order valence-electron chi connectivity index (χ0n) is 10.9. The van der Waals surface area contributed by atoms with Crippen LogP contribution in [0.3, 0.4) is 0 Å². The van der Waals surface area contributed by atoms with Crippen LogP contribution in [0.5, 0.6) is 5.75 Å². The highest BCUT2D eigenvalue weighted by Gasteiger charge is 2.26. The molecule has 0 amide bonds. The fraction of sp³-hybridized carbons (Fsp3) is 0.600. The molecule has 2 nitrogen and oxygen atoms in total. The van der Waals surface area contributed by atoms with Crippen molar-refractivity contribution in [1.29, 1.82) is 0 Å². The Morgan fingerprint density at radius 3 is 2.71 bits per heavy atom. The highest BCUT2D eigenvalue weighted by molar-refractivity contribution is 5.30. The molecule has 0 spiro atoms. The average Bonchev–Trinajstić information content (AvgIpc) is 2.29. The molecule has 94 valence electrons. The molecule has 1 saturated carbocycles. The van der Waals surface area contributed by atoms with Crippen LogP contribution in [0.25, 0.3) is 0 Å². The van der Waals surface area contributed by atoms with Gasteiger partial charge in [-0.2, -0.15) is 0 Å². The van der Waals surface area contributed by atoms with Gasteiger partial charge in [0.2, 0.25) is 0 Å². The van der Waals surface area contributed by atoms with Gasteiger partial charge in [0, 0.05) is 6.54 Å². The summed E-state index contributed by atoms with van der Waals surface area (Å²) in [6.45, 7) is 1.15. The van der Waals surface area contributed by atoms with E-state index in [9.17, 15) is 5.11 Å². The molecular formula is C15H23NO. The Labute approximate surface area is 104 Å². The number of rotatable bonds is 3. The van der Waals surface area contributed by atoms with Crippen molar-refractivity contribution in [1.82, 2.24) is 4.90 Å². The molecule has 1 N–H and O–H groups in total. The van der Waals surface area contributed by atoms with Gasteiger partial charge in [-0.1, -0.05) is 25.0 Å². The standard InChI is InChI=1S/C15H23NO/c1-16(2)11-13-6-3-4-9-15(13)12-7-5-8-14(17)10-12/h5,7-8,10,13,15,17H,3-4,6,9,11H2,1-2H3/t13-,15-/m0/s1. The van der Waals surface area contributed by atoms with Crippen LogP contribution in [0.1, 0.15) is 37.2 Å². The SMILES string of the molecule is CN(C)C[C@@H]1CCCC[C@H]1c1cccc(O)c1. The first-order valence-electron chi connectivity index (χ1n) is 6.60. The molecule has 1 aliphatic carbocycles. The zero-order valence-corrected chi connectivity index (χ0v) is 10.9. The highest BCUT2D eigenvalue weighted by Crippen LogP contribution is 2.38. The Morgan fingerprint density at radius 2 is 2.00 bits per heavy atom. The van der Waals surface area contributed by atoms with Gasteiger partial charge in [-0.25, -0.2) is 0 Å². The topological polar surface area (TPSA) is 23.5 Å². The minimum Gasteiger partial charge on any atom is -0.508 e. The van der Waals surface area contributed by atoms with Crippen LogP contribution in [0.4, 0.5) is 0 Å². The molecule has 2 atom stereocenters. The molecule has 0 radical (unpaired) electrons. The summed E-state index contributed by atoms with van der Waals surface area (Å²) in [5.41, 5.74) is 1.32. The molecule has 0 heterocycles. The largest absolute Gasteiger partial charge is 0.508 e. The minimum atomic E-state index is 0.400. The third-order valence-corrected chi connectivity index (χ3v) is 3.81. The van der Waals surface area contributed by atoms with Crippen molar-refractivity contribution in [3.8, 4) is 5.75 Å². The van der Waals surface area contributed by atoms with Crippen molar-refractivity contribution in [2.24, 2.45) is 5.92 Å². The lowest BCUT2D eigenvalue weighted by Gasteiger charge is -2.33. The molecule has 1 aromatic carbocycles. The molecule has 1 fully saturated rings. The molecular weight excluding hydrogens is 210 g/mol. The maximum atomic E-state index is 9.60. The molecule has 1 aromatic rings. The summed E-state index contributed by atoms with van der Waals surface area (Å²) in [5.74, 6) is 1.76. The van der Waals surface area contributed by atoms with Gasteiger partial charge < -0.3 is 10.0 Å². The average molecular weight is 233 g/mol. The van der Waals surface area contributed by atoms with Crippen LogP contribution in [-0.4, -0.2) is 30.6 Å². The predicted molar refractivity (Wildman–Crippen MR) is 71.4 cm³/mol. The van der Waals surface area contributed by atoms with Crippen LogP contribution < -0.4 is 0 Å². The van der Waals surface area contributed by atoms with Gasteiger partial charge in [0.15, 0.2) is 0 Å². The third kappa shape index (κ3) is 3.22. The second-order valence-corrected chi connectivity index (χ2v) is 5.51. The van der Waals surface area contributed by atoms with Gasteiger partial charge >= 0.3 is 0 Å². The molecule has 2 rings (SSSR count). The smallest absolute Gasteiger partial charge is 0.115 e. The highest BCUT2D eigenvalue weighted by atomic mass is 16.3. The van der Waals surface area contributed by atoms with Gasteiger partial charge in [0.1, 0.15) is 5.75 Å². The van der Waals surface area contributed by atoms with Crippen molar-refractivity contribution < 1.29 is 5.11 Å². The lowest BCUT2D eigenvalue weighted by molar-refractivity contribution is 0.233. The van der Waals surface area contributed by atoms with E-state index in [2.05, 4.69) is 25.1 Å². The van der Waals surface area contributed by atoms with Gasteiger partial charge in [-0.3, -0.25) is 0 Å². The van der Waals surface area contributed by atoms with Gasteiger partial charge in [0.05, 0.1) is 0 Å². The predicted octanol–water partition coefficient (Wildman–Crippen LogP) is 3.23. The van der Waals surface area contributed by atoms with Crippen molar-refractivity contribution in [3.05, 3.63) is 29.8 Å². The molecule has 0 bridgehead atoms. The van der Waals surface area contributed by atoms with Crippen molar-refractivity contribution >= 4 is 0 Å². The Morgan fingerprint density at radius 1 is 1.24 bits per heavy atom. The summed E-state index contributed by atoms with van der Waals surface area (Å²) in [6.07, 6.45) is 5.26. The monoisotopic (exact) mass is 233 g/mol. The normalized spacial score (nSPS) is 25.1. The van der Waals surface area contributed by atoms with Gasteiger partial charge in [-0.05, 0) is 56.5 Å². The Bertz CT molecular complexity index is 362. The minimum absolute atomic E-state index is 0.400. The van der Waals surface area contributed by atoms with E-state index in [1.54, 1.807) is 6.07 Å². The van der Waals surface area contributed by atoms with E-state index in [1.165, 1.54) is 31.2 Å². The molecule has 0 aliphatic heterocycles. The number of hydrogen-bond donors (Lipinski definition) is 1. The van der Waals surface area contributed by atoms with E-state index >= 15 is 0 Å².